The van der Waals surface area contributed by atoms with Gasteiger partial charge in [0.25, 0.3) is 0 Å². The molecule has 0 heteroatoms. The molecule has 0 N–H and O–H groups in total. The Hall–Kier alpha value is -1.30. The van der Waals surface area contributed by atoms with Gasteiger partial charge in [0.2, 0.25) is 0 Å². The maximum atomic E-state index is 3.86. The van der Waals surface area contributed by atoms with Gasteiger partial charge in [-0.25, -0.2) is 0 Å². The molecule has 0 saturated carbocycles. The van der Waals surface area contributed by atoms with E-state index in [4.69, 9.17) is 0 Å². The van der Waals surface area contributed by atoms with Crippen LogP contribution in [0.2, 0.25) is 0 Å². The van der Waals surface area contributed by atoms with Gasteiger partial charge in [-0.3, -0.25) is 0 Å². The van der Waals surface area contributed by atoms with Crippen LogP contribution in [0.1, 0.15) is 12.5 Å². The van der Waals surface area contributed by atoms with E-state index >= 15 is 0 Å². The standard InChI is InChI=1S/C13H15/c1-12(2)8-6-7-11-13-9-4-3-5-10-13/h3-12H,1H2,2H3. The van der Waals surface area contributed by atoms with Gasteiger partial charge >= 0.3 is 0 Å². The third-order valence-corrected chi connectivity index (χ3v) is 1.64. The molecule has 1 atom stereocenters. The lowest BCUT2D eigenvalue weighted by Gasteiger charge is -1.90. The summed E-state index contributed by atoms with van der Waals surface area (Å²) in [6.45, 7) is 5.92. The van der Waals surface area contributed by atoms with Gasteiger partial charge in [0.1, 0.15) is 0 Å². The third-order valence-electron chi connectivity index (χ3n) is 1.64. The summed E-state index contributed by atoms with van der Waals surface area (Å²) in [4.78, 5) is 0. The highest BCUT2D eigenvalue weighted by atomic mass is 13.9. The Morgan fingerprint density at radius 1 is 1.15 bits per heavy atom. The number of hydrogen-bond acceptors (Lipinski definition) is 0. The van der Waals surface area contributed by atoms with E-state index in [0.717, 1.165) is 0 Å². The molecule has 1 aromatic carbocycles. The highest BCUT2D eigenvalue weighted by Crippen LogP contribution is 2.01. The van der Waals surface area contributed by atoms with E-state index in [0.29, 0.717) is 5.92 Å². The van der Waals surface area contributed by atoms with Crippen molar-refractivity contribution < 1.29 is 0 Å². The topological polar surface area (TPSA) is 0 Å². The molecular weight excluding hydrogens is 156 g/mol. The van der Waals surface area contributed by atoms with E-state index in [-0.39, 0.29) is 0 Å². The first-order chi connectivity index (χ1) is 6.29. The fraction of sp³-hybridized carbons (Fsp3) is 0.154. The van der Waals surface area contributed by atoms with Gasteiger partial charge in [-0.05, 0) is 18.4 Å². The van der Waals surface area contributed by atoms with E-state index in [1.54, 1.807) is 0 Å². The number of allylic oxidation sites excluding steroid dienone is 3. The highest BCUT2D eigenvalue weighted by molar-refractivity contribution is 5.50. The van der Waals surface area contributed by atoms with E-state index in [9.17, 15) is 0 Å². The molecule has 67 valence electrons. The molecule has 1 radical (unpaired) electrons. The van der Waals surface area contributed by atoms with Crippen molar-refractivity contribution in [2.45, 2.75) is 6.92 Å². The minimum atomic E-state index is 0.375. The molecule has 0 heterocycles. The molecule has 1 unspecified atom stereocenters. The molecule has 0 saturated heterocycles. The van der Waals surface area contributed by atoms with Crippen LogP contribution in [0.4, 0.5) is 0 Å². The number of benzene rings is 1. The molecule has 0 aliphatic heterocycles. The van der Waals surface area contributed by atoms with Gasteiger partial charge in [-0.15, -0.1) is 0 Å². The predicted octanol–water partition coefficient (Wildman–Crippen LogP) is 3.73. The Bertz CT molecular complexity index is 278. The van der Waals surface area contributed by atoms with Crippen molar-refractivity contribution in [2.24, 2.45) is 5.92 Å². The summed E-state index contributed by atoms with van der Waals surface area (Å²) in [7, 11) is 0. The van der Waals surface area contributed by atoms with Crippen LogP contribution in [0.25, 0.3) is 6.08 Å². The Morgan fingerprint density at radius 2 is 1.85 bits per heavy atom. The second-order valence-electron chi connectivity index (χ2n) is 3.13. The minimum Gasteiger partial charge on any atom is -0.0817 e. The molecule has 0 aliphatic rings. The Labute approximate surface area is 80.6 Å². The molecule has 1 rings (SSSR count). The zero-order valence-electron chi connectivity index (χ0n) is 7.98. The zero-order valence-corrected chi connectivity index (χ0v) is 7.98. The average Bonchev–Trinajstić information content (AvgIpc) is 2.14. The largest absolute Gasteiger partial charge is 0.0817 e. The number of rotatable bonds is 3. The van der Waals surface area contributed by atoms with Crippen LogP contribution in [0, 0.1) is 12.8 Å². The first kappa shape index (κ1) is 9.79. The number of hydrogen-bond donors (Lipinski definition) is 0. The van der Waals surface area contributed by atoms with Crippen LogP contribution in [-0.2, 0) is 0 Å². The van der Waals surface area contributed by atoms with Crippen LogP contribution in [-0.4, -0.2) is 0 Å². The second kappa shape index (κ2) is 5.36. The maximum Gasteiger partial charge on any atom is -0.0257 e. The fourth-order valence-electron chi connectivity index (χ4n) is 0.985. The van der Waals surface area contributed by atoms with Crippen molar-refractivity contribution >= 4 is 6.08 Å². The van der Waals surface area contributed by atoms with Gasteiger partial charge in [0, 0.05) is 0 Å². The zero-order chi connectivity index (χ0) is 9.52. The Balaban J connectivity index is 2.50. The summed E-state index contributed by atoms with van der Waals surface area (Å²) >= 11 is 0. The van der Waals surface area contributed by atoms with Crippen molar-refractivity contribution in [3.8, 4) is 0 Å². The van der Waals surface area contributed by atoms with Gasteiger partial charge < -0.3 is 0 Å². The lowest BCUT2D eigenvalue weighted by molar-refractivity contribution is 0.936. The van der Waals surface area contributed by atoms with Crippen molar-refractivity contribution in [1.82, 2.24) is 0 Å². The second-order valence-corrected chi connectivity index (χ2v) is 3.13. The molecule has 1 aromatic rings. The minimum absolute atomic E-state index is 0.375. The molecule has 13 heavy (non-hydrogen) atoms. The average molecular weight is 171 g/mol. The van der Waals surface area contributed by atoms with Gasteiger partial charge in [-0.2, -0.15) is 0 Å². The van der Waals surface area contributed by atoms with Gasteiger partial charge in [0.05, 0.1) is 0 Å². The van der Waals surface area contributed by atoms with Crippen LogP contribution in [0.5, 0.6) is 0 Å². The summed E-state index contributed by atoms with van der Waals surface area (Å²) in [6, 6.07) is 10.3. The molecule has 0 aliphatic carbocycles. The summed E-state index contributed by atoms with van der Waals surface area (Å²) in [5, 5.41) is 0. The Morgan fingerprint density at radius 3 is 2.46 bits per heavy atom. The van der Waals surface area contributed by atoms with Gasteiger partial charge in [0.15, 0.2) is 0 Å². The van der Waals surface area contributed by atoms with Gasteiger partial charge in [-0.1, -0.05) is 61.6 Å². The molecule has 0 nitrogen and oxygen atoms in total. The quantitative estimate of drug-likeness (QED) is 0.608. The van der Waals surface area contributed by atoms with Crippen molar-refractivity contribution in [1.29, 1.82) is 0 Å². The SMILES string of the molecule is [CH2]C(C)C=CC=Cc1ccccc1. The van der Waals surface area contributed by atoms with Crippen LogP contribution >= 0.6 is 0 Å². The summed E-state index contributed by atoms with van der Waals surface area (Å²) in [5.41, 5.74) is 1.23. The summed E-state index contributed by atoms with van der Waals surface area (Å²) in [5.74, 6) is 0.375. The van der Waals surface area contributed by atoms with E-state index < -0.39 is 0 Å². The van der Waals surface area contributed by atoms with Crippen molar-refractivity contribution in [2.75, 3.05) is 0 Å². The summed E-state index contributed by atoms with van der Waals surface area (Å²) in [6.07, 6.45) is 8.22. The van der Waals surface area contributed by atoms with Crippen molar-refractivity contribution in [3.63, 3.8) is 0 Å². The van der Waals surface area contributed by atoms with Crippen LogP contribution in [0.15, 0.2) is 48.6 Å². The monoisotopic (exact) mass is 171 g/mol. The normalized spacial score (nSPS) is 11.9. The van der Waals surface area contributed by atoms with Crippen LogP contribution < -0.4 is 0 Å². The highest BCUT2D eigenvalue weighted by Gasteiger charge is 1.81. The van der Waals surface area contributed by atoms with Crippen molar-refractivity contribution in [3.05, 3.63) is 61.0 Å². The molecule has 0 aromatic heterocycles. The fourth-order valence-corrected chi connectivity index (χ4v) is 0.985. The van der Waals surface area contributed by atoms with E-state index in [2.05, 4.69) is 38.1 Å². The van der Waals surface area contributed by atoms with E-state index in [1.807, 2.05) is 30.4 Å². The summed E-state index contributed by atoms with van der Waals surface area (Å²) < 4.78 is 0. The lowest BCUT2D eigenvalue weighted by Crippen LogP contribution is -1.75. The molecule has 0 bridgehead atoms. The smallest absolute Gasteiger partial charge is 0.0257 e. The molecule has 0 fully saturated rings. The lowest BCUT2D eigenvalue weighted by atomic mass is 10.2. The first-order valence-corrected chi connectivity index (χ1v) is 4.52. The third kappa shape index (κ3) is 4.32. The van der Waals surface area contributed by atoms with Crippen LogP contribution in [0.3, 0.4) is 0 Å². The maximum absolute atomic E-state index is 3.86. The Kier molecular flexibility index (Phi) is 4.04. The molecule has 0 spiro atoms. The van der Waals surface area contributed by atoms with E-state index in [1.165, 1.54) is 5.56 Å². The molecular formula is C13H15. The first-order valence-electron chi connectivity index (χ1n) is 4.52. The predicted molar refractivity (Wildman–Crippen MR) is 59.1 cm³/mol. The molecule has 0 amide bonds.